The van der Waals surface area contributed by atoms with Gasteiger partial charge in [-0.25, -0.2) is 0 Å². The van der Waals surface area contributed by atoms with Gasteiger partial charge in [-0.15, -0.1) is 5.10 Å². The van der Waals surface area contributed by atoms with Crippen LogP contribution >= 0.6 is 0 Å². The Hall–Kier alpha value is -1.65. The molecule has 0 aromatic carbocycles. The first-order chi connectivity index (χ1) is 7.45. The normalized spacial score (nSPS) is 11.0. The summed E-state index contributed by atoms with van der Waals surface area (Å²) in [6.45, 7) is 6.15. The number of aryl methyl sites for hydroxylation is 1. The number of amides is 1. The fourth-order valence-corrected chi connectivity index (χ4v) is 1.22. The van der Waals surface area contributed by atoms with Crippen LogP contribution in [0.15, 0.2) is 12.1 Å². The molecular formula is C11H18N4O. The molecule has 0 spiro atoms. The van der Waals surface area contributed by atoms with E-state index in [-0.39, 0.29) is 5.91 Å². The van der Waals surface area contributed by atoms with Gasteiger partial charge in [0.1, 0.15) is 5.82 Å². The Kier molecular flexibility index (Phi) is 3.82. The first-order valence-corrected chi connectivity index (χ1v) is 5.22. The van der Waals surface area contributed by atoms with Crippen LogP contribution in [0.4, 0.5) is 5.82 Å². The van der Waals surface area contributed by atoms with Crippen LogP contribution in [-0.4, -0.2) is 29.7 Å². The smallest absolute Gasteiger partial charge is 0.227 e. The van der Waals surface area contributed by atoms with E-state index in [0.717, 1.165) is 5.69 Å². The Bertz CT molecular complexity index is 359. The maximum Gasteiger partial charge on any atom is 0.227 e. The second kappa shape index (κ2) is 4.92. The number of rotatable bonds is 4. The molecule has 16 heavy (non-hydrogen) atoms. The highest BCUT2D eigenvalue weighted by Crippen LogP contribution is 2.15. The molecular weight excluding hydrogens is 204 g/mol. The second-order valence-corrected chi connectivity index (χ2v) is 4.38. The van der Waals surface area contributed by atoms with Crippen LogP contribution in [0.1, 0.15) is 19.5 Å². The van der Waals surface area contributed by atoms with E-state index in [0.29, 0.717) is 12.4 Å². The zero-order valence-electron chi connectivity index (χ0n) is 10.2. The molecule has 1 heterocycles. The van der Waals surface area contributed by atoms with E-state index < -0.39 is 5.41 Å². The summed E-state index contributed by atoms with van der Waals surface area (Å²) >= 11 is 0. The van der Waals surface area contributed by atoms with Crippen molar-refractivity contribution in [2.75, 3.05) is 18.9 Å². The molecule has 0 aliphatic carbocycles. The number of nitrogens with one attached hydrogen (secondary N) is 2. The lowest BCUT2D eigenvalue weighted by Crippen LogP contribution is -2.39. The summed E-state index contributed by atoms with van der Waals surface area (Å²) in [5.41, 5.74) is 0.400. The van der Waals surface area contributed by atoms with Gasteiger partial charge in [-0.3, -0.25) is 4.79 Å². The van der Waals surface area contributed by atoms with Crippen molar-refractivity contribution in [1.29, 1.82) is 0 Å². The van der Waals surface area contributed by atoms with Crippen molar-refractivity contribution in [2.24, 2.45) is 5.41 Å². The summed E-state index contributed by atoms with van der Waals surface area (Å²) in [6, 6.07) is 3.73. The first-order valence-electron chi connectivity index (χ1n) is 5.22. The number of carbonyl (C=O) groups excluding carboxylic acids is 1. The molecule has 1 rings (SSSR count). The largest absolute Gasteiger partial charge is 0.368 e. The third-order valence-electron chi connectivity index (χ3n) is 2.35. The minimum atomic E-state index is -0.471. The Morgan fingerprint density at radius 2 is 2.06 bits per heavy atom. The molecule has 0 saturated carbocycles. The molecule has 0 bridgehead atoms. The Morgan fingerprint density at radius 3 is 2.56 bits per heavy atom. The molecule has 1 aromatic rings. The van der Waals surface area contributed by atoms with Gasteiger partial charge in [0.2, 0.25) is 5.91 Å². The highest BCUT2D eigenvalue weighted by atomic mass is 16.2. The topological polar surface area (TPSA) is 66.9 Å². The van der Waals surface area contributed by atoms with Gasteiger partial charge in [0, 0.05) is 13.6 Å². The van der Waals surface area contributed by atoms with Gasteiger partial charge < -0.3 is 10.6 Å². The van der Waals surface area contributed by atoms with Crippen LogP contribution in [-0.2, 0) is 4.79 Å². The summed E-state index contributed by atoms with van der Waals surface area (Å²) in [7, 11) is 1.63. The molecule has 5 nitrogen and oxygen atoms in total. The number of nitrogens with zero attached hydrogens (tertiary/aromatic N) is 2. The van der Waals surface area contributed by atoms with Crippen molar-refractivity contribution in [3.63, 3.8) is 0 Å². The molecule has 2 N–H and O–H groups in total. The van der Waals surface area contributed by atoms with E-state index in [2.05, 4.69) is 20.8 Å². The zero-order chi connectivity index (χ0) is 12.2. The lowest BCUT2D eigenvalue weighted by Gasteiger charge is -2.22. The van der Waals surface area contributed by atoms with Crippen LogP contribution in [0.5, 0.6) is 0 Å². The highest BCUT2D eigenvalue weighted by Gasteiger charge is 2.26. The van der Waals surface area contributed by atoms with Gasteiger partial charge in [-0.05, 0) is 32.9 Å². The predicted molar refractivity (Wildman–Crippen MR) is 63.1 cm³/mol. The average Bonchev–Trinajstić information content (AvgIpc) is 2.27. The van der Waals surface area contributed by atoms with Crippen molar-refractivity contribution in [2.45, 2.75) is 20.8 Å². The quantitative estimate of drug-likeness (QED) is 0.796. The van der Waals surface area contributed by atoms with Crippen molar-refractivity contribution in [3.05, 3.63) is 17.8 Å². The van der Waals surface area contributed by atoms with Crippen LogP contribution in [0.2, 0.25) is 0 Å². The molecule has 1 aromatic heterocycles. The Labute approximate surface area is 95.7 Å². The average molecular weight is 222 g/mol. The van der Waals surface area contributed by atoms with Crippen LogP contribution < -0.4 is 10.6 Å². The second-order valence-electron chi connectivity index (χ2n) is 4.38. The van der Waals surface area contributed by atoms with E-state index in [9.17, 15) is 4.79 Å². The van der Waals surface area contributed by atoms with Crippen molar-refractivity contribution in [1.82, 2.24) is 15.5 Å². The van der Waals surface area contributed by atoms with Crippen molar-refractivity contribution < 1.29 is 4.79 Å². The van der Waals surface area contributed by atoms with Crippen molar-refractivity contribution in [3.8, 4) is 0 Å². The van der Waals surface area contributed by atoms with Crippen LogP contribution in [0, 0.1) is 12.3 Å². The molecule has 0 radical (unpaired) electrons. The first kappa shape index (κ1) is 12.4. The van der Waals surface area contributed by atoms with Gasteiger partial charge in [0.05, 0.1) is 11.1 Å². The molecule has 0 saturated heterocycles. The van der Waals surface area contributed by atoms with E-state index in [1.807, 2.05) is 32.9 Å². The lowest BCUT2D eigenvalue weighted by molar-refractivity contribution is -0.128. The SMILES string of the molecule is CNC(=O)C(C)(C)CNc1ccc(C)nn1. The van der Waals surface area contributed by atoms with E-state index in [4.69, 9.17) is 0 Å². The number of hydrogen-bond acceptors (Lipinski definition) is 4. The maximum atomic E-state index is 11.5. The molecule has 5 heteroatoms. The molecule has 1 amide bonds. The van der Waals surface area contributed by atoms with Gasteiger partial charge in [-0.2, -0.15) is 5.10 Å². The summed E-state index contributed by atoms with van der Waals surface area (Å²) in [6.07, 6.45) is 0. The van der Waals surface area contributed by atoms with Crippen LogP contribution in [0.25, 0.3) is 0 Å². The van der Waals surface area contributed by atoms with E-state index in [1.54, 1.807) is 7.05 Å². The van der Waals surface area contributed by atoms with Gasteiger partial charge in [0.15, 0.2) is 0 Å². The fourth-order valence-electron chi connectivity index (χ4n) is 1.22. The molecule has 88 valence electrons. The molecule has 0 fully saturated rings. The predicted octanol–water partition coefficient (Wildman–Crippen LogP) is 0.969. The Balaban J connectivity index is 2.57. The van der Waals surface area contributed by atoms with Crippen LogP contribution in [0.3, 0.4) is 0 Å². The number of anilines is 1. The van der Waals surface area contributed by atoms with Gasteiger partial charge >= 0.3 is 0 Å². The van der Waals surface area contributed by atoms with E-state index in [1.165, 1.54) is 0 Å². The standard InChI is InChI=1S/C11H18N4O/c1-8-5-6-9(15-14-8)13-7-11(2,3)10(16)12-4/h5-6H,7H2,1-4H3,(H,12,16)(H,13,15). The molecule has 0 atom stereocenters. The molecule has 0 aliphatic heterocycles. The number of aromatic nitrogens is 2. The summed E-state index contributed by atoms with van der Waals surface area (Å²) in [4.78, 5) is 11.5. The summed E-state index contributed by atoms with van der Waals surface area (Å²) in [5, 5.41) is 13.6. The Morgan fingerprint density at radius 1 is 1.38 bits per heavy atom. The number of hydrogen-bond donors (Lipinski definition) is 2. The van der Waals surface area contributed by atoms with Crippen molar-refractivity contribution >= 4 is 11.7 Å². The third-order valence-corrected chi connectivity index (χ3v) is 2.35. The zero-order valence-corrected chi connectivity index (χ0v) is 10.2. The monoisotopic (exact) mass is 222 g/mol. The highest BCUT2D eigenvalue weighted by molar-refractivity contribution is 5.82. The summed E-state index contributed by atoms with van der Waals surface area (Å²) in [5.74, 6) is 0.683. The van der Waals surface area contributed by atoms with E-state index >= 15 is 0 Å². The fraction of sp³-hybridized carbons (Fsp3) is 0.545. The molecule has 0 aliphatic rings. The number of carbonyl (C=O) groups is 1. The third kappa shape index (κ3) is 3.18. The van der Waals surface area contributed by atoms with Gasteiger partial charge in [0.25, 0.3) is 0 Å². The maximum absolute atomic E-state index is 11.5. The summed E-state index contributed by atoms with van der Waals surface area (Å²) < 4.78 is 0. The minimum absolute atomic E-state index is 0.0000656. The van der Waals surface area contributed by atoms with Gasteiger partial charge in [-0.1, -0.05) is 0 Å². The molecule has 0 unspecified atom stereocenters. The minimum Gasteiger partial charge on any atom is -0.368 e. The lowest BCUT2D eigenvalue weighted by atomic mass is 9.92.